The number of hydrogen-bond donors (Lipinski definition) is 3. The summed E-state index contributed by atoms with van der Waals surface area (Å²) >= 11 is 0. The van der Waals surface area contributed by atoms with Gasteiger partial charge in [0.2, 0.25) is 0 Å². The fourth-order valence-electron chi connectivity index (χ4n) is 6.05. The molecule has 4 aromatic carbocycles. The molecule has 0 radical (unpaired) electrons. The van der Waals surface area contributed by atoms with Crippen LogP contribution in [0.15, 0.2) is 97.1 Å². The highest BCUT2D eigenvalue weighted by molar-refractivity contribution is 5.80. The monoisotopic (exact) mass is 562 g/mol. The van der Waals surface area contributed by atoms with Crippen LogP contribution in [0.2, 0.25) is 0 Å². The molecule has 42 heavy (non-hydrogen) atoms. The van der Waals surface area contributed by atoms with Gasteiger partial charge in [-0.25, -0.2) is 9.59 Å². The minimum absolute atomic E-state index is 0.0967. The number of carboxylic acid groups (broad SMARTS) is 1. The highest BCUT2D eigenvalue weighted by atomic mass is 16.6. The second-order valence-corrected chi connectivity index (χ2v) is 10.5. The summed E-state index contributed by atoms with van der Waals surface area (Å²) in [5.74, 6) is -1.34. The number of carbonyl (C=O) groups excluding carboxylic acids is 2. The number of carbonyl (C=O) groups is 3. The van der Waals surface area contributed by atoms with Crippen molar-refractivity contribution < 1.29 is 29.0 Å². The summed E-state index contributed by atoms with van der Waals surface area (Å²) in [7, 11) is 0. The topological polar surface area (TPSA) is 114 Å². The van der Waals surface area contributed by atoms with Crippen LogP contribution in [0.5, 0.6) is 0 Å². The number of benzene rings is 4. The molecule has 0 saturated heterocycles. The van der Waals surface area contributed by atoms with Crippen molar-refractivity contribution in [1.29, 1.82) is 0 Å². The zero-order valence-corrected chi connectivity index (χ0v) is 22.8. The van der Waals surface area contributed by atoms with E-state index in [2.05, 4.69) is 22.8 Å². The number of nitrogens with one attached hydrogen (secondary N) is 2. The van der Waals surface area contributed by atoms with Crippen LogP contribution in [0.1, 0.15) is 40.5 Å². The number of carboxylic acids is 1. The van der Waals surface area contributed by atoms with Crippen molar-refractivity contribution >= 4 is 18.2 Å². The van der Waals surface area contributed by atoms with Crippen molar-refractivity contribution in [1.82, 2.24) is 10.6 Å². The summed E-state index contributed by atoms with van der Waals surface area (Å²) in [6, 6.07) is 31.2. The molecule has 8 nitrogen and oxygen atoms in total. The van der Waals surface area contributed by atoms with E-state index < -0.39 is 30.6 Å². The Morgan fingerprint density at radius 1 is 0.619 bits per heavy atom. The van der Waals surface area contributed by atoms with Gasteiger partial charge in [-0.3, -0.25) is 4.79 Å². The maximum atomic E-state index is 12.7. The molecule has 8 heteroatoms. The molecule has 6 rings (SSSR count). The van der Waals surface area contributed by atoms with E-state index in [-0.39, 0.29) is 31.6 Å². The minimum atomic E-state index is -1.12. The fourth-order valence-corrected chi connectivity index (χ4v) is 6.05. The van der Waals surface area contributed by atoms with Crippen molar-refractivity contribution in [2.75, 3.05) is 19.8 Å². The molecule has 2 aliphatic carbocycles. The predicted molar refractivity (Wildman–Crippen MR) is 157 cm³/mol. The molecule has 0 heterocycles. The van der Waals surface area contributed by atoms with Crippen molar-refractivity contribution in [2.45, 2.75) is 24.3 Å². The number of hydrogen-bond acceptors (Lipinski definition) is 5. The second kappa shape index (κ2) is 11.8. The molecule has 0 fully saturated rings. The molecule has 0 saturated carbocycles. The van der Waals surface area contributed by atoms with Gasteiger partial charge >= 0.3 is 18.2 Å². The van der Waals surface area contributed by atoms with Crippen molar-refractivity contribution in [3.8, 4) is 22.3 Å². The lowest BCUT2D eigenvalue weighted by molar-refractivity contribution is -0.137. The Labute approximate surface area is 243 Å². The normalized spacial score (nSPS) is 13.7. The summed E-state index contributed by atoms with van der Waals surface area (Å²) in [5, 5.41) is 14.6. The van der Waals surface area contributed by atoms with E-state index >= 15 is 0 Å². The molecule has 2 aliphatic rings. The van der Waals surface area contributed by atoms with Gasteiger partial charge in [0.05, 0.1) is 12.5 Å². The second-order valence-electron chi connectivity index (χ2n) is 10.5. The zero-order valence-electron chi connectivity index (χ0n) is 22.8. The lowest BCUT2D eigenvalue weighted by Crippen LogP contribution is -2.45. The van der Waals surface area contributed by atoms with Gasteiger partial charge < -0.3 is 25.2 Å². The summed E-state index contributed by atoms with van der Waals surface area (Å²) in [4.78, 5) is 36.8. The largest absolute Gasteiger partial charge is 0.481 e. The smallest absolute Gasteiger partial charge is 0.407 e. The average Bonchev–Trinajstić information content (AvgIpc) is 3.50. The molecular weight excluding hydrogens is 532 g/mol. The molecule has 0 aliphatic heterocycles. The van der Waals surface area contributed by atoms with Gasteiger partial charge in [0.25, 0.3) is 0 Å². The predicted octanol–water partition coefficient (Wildman–Crippen LogP) is 5.91. The quantitative estimate of drug-likeness (QED) is 0.234. The SMILES string of the molecule is O=C(O)C[C@H](CNC(=O)OCC1c2ccccc2-c2ccccc21)NC(=O)OCC1c2ccccc2-c2ccccc21. The molecule has 1 atom stereocenters. The van der Waals surface area contributed by atoms with Crippen LogP contribution in [0.25, 0.3) is 22.3 Å². The lowest BCUT2D eigenvalue weighted by Gasteiger charge is -2.20. The molecule has 0 unspecified atom stereocenters. The Balaban J connectivity index is 1.03. The first-order chi connectivity index (χ1) is 20.5. The van der Waals surface area contributed by atoms with Gasteiger partial charge in [-0.05, 0) is 44.5 Å². The van der Waals surface area contributed by atoms with E-state index in [1.54, 1.807) is 0 Å². The van der Waals surface area contributed by atoms with Gasteiger partial charge in [-0.1, -0.05) is 97.1 Å². The van der Waals surface area contributed by atoms with Gasteiger partial charge in [0.1, 0.15) is 13.2 Å². The zero-order chi connectivity index (χ0) is 29.1. The van der Waals surface area contributed by atoms with Crippen LogP contribution in [-0.2, 0) is 14.3 Å². The number of rotatable bonds is 9. The van der Waals surface area contributed by atoms with Crippen LogP contribution in [0.3, 0.4) is 0 Å². The molecule has 0 aromatic heterocycles. The standard InChI is InChI=1S/C34H30N2O6/c37-32(38)17-21(36-34(40)42-20-31-28-15-7-3-11-24(28)25-12-4-8-16-29(25)31)18-35-33(39)41-19-30-26-13-5-1-9-22(26)23-10-2-6-14-27(23)30/h1-16,21,30-31H,17-20H2,(H,35,39)(H,36,40)(H,37,38)/t21-/m1/s1. The van der Waals surface area contributed by atoms with E-state index in [0.717, 1.165) is 44.5 Å². The molecule has 212 valence electrons. The Kier molecular flexibility index (Phi) is 7.60. The molecule has 3 N–H and O–H groups in total. The van der Waals surface area contributed by atoms with Crippen LogP contribution < -0.4 is 10.6 Å². The van der Waals surface area contributed by atoms with Gasteiger partial charge in [0.15, 0.2) is 0 Å². The van der Waals surface area contributed by atoms with Crippen LogP contribution in [0, 0.1) is 0 Å². The van der Waals surface area contributed by atoms with E-state index in [1.165, 1.54) is 0 Å². The number of aliphatic carboxylic acids is 1. The molecule has 4 aromatic rings. The van der Waals surface area contributed by atoms with Crippen LogP contribution in [-0.4, -0.2) is 49.1 Å². The van der Waals surface area contributed by atoms with Crippen molar-refractivity contribution in [2.24, 2.45) is 0 Å². The first-order valence-electron chi connectivity index (χ1n) is 13.9. The van der Waals surface area contributed by atoms with Gasteiger partial charge in [-0.2, -0.15) is 0 Å². The van der Waals surface area contributed by atoms with E-state index in [9.17, 15) is 19.5 Å². The molecule has 0 spiro atoms. The molecule has 2 amide bonds. The van der Waals surface area contributed by atoms with E-state index in [0.29, 0.717) is 0 Å². The first kappa shape index (κ1) is 27.1. The molecule has 0 bridgehead atoms. The highest BCUT2D eigenvalue weighted by Crippen LogP contribution is 2.45. The maximum absolute atomic E-state index is 12.7. The average molecular weight is 563 g/mol. The summed E-state index contributed by atoms with van der Waals surface area (Å²) in [6.07, 6.45) is -1.84. The Bertz CT molecular complexity index is 1560. The summed E-state index contributed by atoms with van der Waals surface area (Å²) in [5.41, 5.74) is 8.79. The highest BCUT2D eigenvalue weighted by Gasteiger charge is 2.31. The van der Waals surface area contributed by atoms with E-state index in [1.807, 2.05) is 84.9 Å². The van der Waals surface area contributed by atoms with Crippen LogP contribution in [0.4, 0.5) is 9.59 Å². The van der Waals surface area contributed by atoms with Crippen molar-refractivity contribution in [3.05, 3.63) is 119 Å². The Morgan fingerprint density at radius 3 is 1.40 bits per heavy atom. The fraction of sp³-hybridized carbons (Fsp3) is 0.206. The summed E-state index contributed by atoms with van der Waals surface area (Å²) in [6.45, 7) is 0.0931. The maximum Gasteiger partial charge on any atom is 0.407 e. The van der Waals surface area contributed by atoms with Crippen LogP contribution >= 0.6 is 0 Å². The van der Waals surface area contributed by atoms with Crippen molar-refractivity contribution in [3.63, 3.8) is 0 Å². The van der Waals surface area contributed by atoms with E-state index in [4.69, 9.17) is 9.47 Å². The third-order valence-corrected chi connectivity index (χ3v) is 7.92. The lowest BCUT2D eigenvalue weighted by atomic mass is 9.98. The Hall–Kier alpha value is -5.11. The third kappa shape index (κ3) is 5.43. The Morgan fingerprint density at radius 2 is 1.00 bits per heavy atom. The minimum Gasteiger partial charge on any atom is -0.481 e. The number of alkyl carbamates (subject to hydrolysis) is 2. The van der Waals surface area contributed by atoms with Gasteiger partial charge in [-0.15, -0.1) is 0 Å². The third-order valence-electron chi connectivity index (χ3n) is 7.92. The van der Waals surface area contributed by atoms with Gasteiger partial charge in [0, 0.05) is 18.4 Å². The first-order valence-corrected chi connectivity index (χ1v) is 13.9. The summed E-state index contributed by atoms with van der Waals surface area (Å²) < 4.78 is 11.1. The molecular formula is C34H30N2O6. The number of amides is 2. The number of fused-ring (bicyclic) bond motifs is 6. The number of ether oxygens (including phenoxy) is 2.